The molecule has 2 aromatic carbocycles. The predicted octanol–water partition coefficient (Wildman–Crippen LogP) is 4.74. The molecular weight excluding hydrogens is 416 g/mol. The smallest absolute Gasteiger partial charge is 0.324 e. The van der Waals surface area contributed by atoms with Crippen LogP contribution in [0.4, 0.5) is 16.3 Å². The van der Waals surface area contributed by atoms with Crippen LogP contribution in [0.3, 0.4) is 0 Å². The molecule has 10 heteroatoms. The lowest BCUT2D eigenvalue weighted by Crippen LogP contribution is -2.20. The van der Waals surface area contributed by atoms with E-state index in [9.17, 15) is 4.79 Å². The molecule has 9 nitrogen and oxygen atoms in total. The van der Waals surface area contributed by atoms with Crippen LogP contribution in [0.25, 0.3) is 28.2 Å². The molecule has 0 bridgehead atoms. The summed E-state index contributed by atoms with van der Waals surface area (Å²) in [5.41, 5.74) is 4.65. The van der Waals surface area contributed by atoms with Crippen LogP contribution >= 0.6 is 11.6 Å². The molecule has 0 aliphatic heterocycles. The molecule has 5 aromatic rings. The van der Waals surface area contributed by atoms with Gasteiger partial charge in [0, 0.05) is 11.1 Å². The molecule has 0 atom stereocenters. The van der Waals surface area contributed by atoms with Crippen LogP contribution in [0.2, 0.25) is 5.02 Å². The number of urea groups is 1. The molecule has 0 aliphatic rings. The summed E-state index contributed by atoms with van der Waals surface area (Å²) in [6.07, 6.45) is 1.59. The van der Waals surface area contributed by atoms with E-state index in [-0.39, 0.29) is 0 Å². The average molecular weight is 433 g/mol. The molecule has 2 amide bonds. The third kappa shape index (κ3) is 3.74. The summed E-state index contributed by atoms with van der Waals surface area (Å²) < 4.78 is 1.72. The van der Waals surface area contributed by atoms with Crippen LogP contribution in [-0.2, 0) is 0 Å². The van der Waals surface area contributed by atoms with Crippen LogP contribution in [-0.4, -0.2) is 36.0 Å². The number of carbonyl (C=O) groups excluding carboxylic acids is 1. The molecule has 0 fully saturated rings. The number of H-pyrrole nitrogens is 2. The second-order valence-corrected chi connectivity index (χ2v) is 7.32. The fourth-order valence-corrected chi connectivity index (χ4v) is 3.36. The molecule has 4 N–H and O–H groups in total. The number of rotatable bonds is 4. The van der Waals surface area contributed by atoms with Gasteiger partial charge in [0.05, 0.1) is 34.3 Å². The van der Waals surface area contributed by atoms with Crippen molar-refractivity contribution in [2.45, 2.75) is 6.92 Å². The van der Waals surface area contributed by atoms with Crippen molar-refractivity contribution in [3.63, 3.8) is 0 Å². The topological polar surface area (TPSA) is 116 Å². The minimum atomic E-state index is -0.429. The van der Waals surface area contributed by atoms with Gasteiger partial charge >= 0.3 is 6.03 Å². The van der Waals surface area contributed by atoms with E-state index in [0.717, 1.165) is 22.4 Å². The number of imidazole rings is 1. The largest absolute Gasteiger partial charge is 0.337 e. The van der Waals surface area contributed by atoms with Crippen molar-refractivity contribution in [2.24, 2.45) is 0 Å². The van der Waals surface area contributed by atoms with Crippen LogP contribution in [0, 0.1) is 6.92 Å². The van der Waals surface area contributed by atoms with Crippen molar-refractivity contribution in [1.29, 1.82) is 0 Å². The molecule has 31 heavy (non-hydrogen) atoms. The van der Waals surface area contributed by atoms with Gasteiger partial charge in [-0.2, -0.15) is 10.2 Å². The van der Waals surface area contributed by atoms with Gasteiger partial charge < -0.3 is 10.3 Å². The number of para-hydroxylation sites is 2. The summed E-state index contributed by atoms with van der Waals surface area (Å²) in [7, 11) is 0. The zero-order valence-electron chi connectivity index (χ0n) is 16.3. The van der Waals surface area contributed by atoms with E-state index in [1.807, 2.05) is 43.3 Å². The molecular formula is C21H17ClN8O. The van der Waals surface area contributed by atoms with Crippen molar-refractivity contribution >= 4 is 40.2 Å². The van der Waals surface area contributed by atoms with Gasteiger partial charge in [-0.1, -0.05) is 23.7 Å². The van der Waals surface area contributed by atoms with Crippen LogP contribution in [0.15, 0.2) is 60.8 Å². The number of amides is 2. The predicted molar refractivity (Wildman–Crippen MR) is 120 cm³/mol. The summed E-state index contributed by atoms with van der Waals surface area (Å²) >= 11 is 5.94. The first-order valence-corrected chi connectivity index (χ1v) is 9.84. The summed E-state index contributed by atoms with van der Waals surface area (Å²) in [5, 5.41) is 17.5. The molecule has 0 spiro atoms. The number of aromatic amines is 2. The standard InChI is InChI=1S/C21H17ClN8O/c1-12-18(11-23-30(12)14-8-6-13(22)7-9-14)26-21(31)27-19-10-17(28-29-19)20-24-15-4-2-3-5-16(15)25-20/h2-11H,1H3,(H,24,25)(H3,26,27,28,29,31). The summed E-state index contributed by atoms with van der Waals surface area (Å²) in [6.45, 7) is 1.87. The lowest BCUT2D eigenvalue weighted by Gasteiger charge is -2.07. The Labute approximate surface area is 181 Å². The van der Waals surface area contributed by atoms with Crippen molar-refractivity contribution < 1.29 is 4.79 Å². The minimum Gasteiger partial charge on any atom is -0.337 e. The number of aromatic nitrogens is 6. The highest BCUT2D eigenvalue weighted by atomic mass is 35.5. The number of hydrogen-bond acceptors (Lipinski definition) is 4. The summed E-state index contributed by atoms with van der Waals surface area (Å²) in [5.74, 6) is 1.01. The fourth-order valence-electron chi connectivity index (χ4n) is 3.23. The molecule has 3 heterocycles. The first kappa shape index (κ1) is 18.9. The lowest BCUT2D eigenvalue weighted by molar-refractivity contribution is 0.262. The van der Waals surface area contributed by atoms with Crippen molar-refractivity contribution in [1.82, 2.24) is 29.9 Å². The zero-order chi connectivity index (χ0) is 21.4. The highest BCUT2D eigenvalue weighted by molar-refractivity contribution is 6.30. The van der Waals surface area contributed by atoms with E-state index in [1.54, 1.807) is 29.1 Å². The Hall–Kier alpha value is -4.11. The summed E-state index contributed by atoms with van der Waals surface area (Å²) in [4.78, 5) is 20.2. The van der Waals surface area contributed by atoms with Crippen molar-refractivity contribution in [3.8, 4) is 17.2 Å². The Morgan fingerprint density at radius 2 is 1.90 bits per heavy atom. The first-order chi connectivity index (χ1) is 15.1. The normalized spacial score (nSPS) is 11.0. The number of anilines is 2. The van der Waals surface area contributed by atoms with Crippen LogP contribution in [0.1, 0.15) is 5.69 Å². The number of halogens is 1. The number of nitrogens with zero attached hydrogens (tertiary/aromatic N) is 4. The van der Waals surface area contributed by atoms with Gasteiger partial charge in [-0.05, 0) is 43.3 Å². The molecule has 0 saturated heterocycles. The molecule has 0 unspecified atom stereocenters. The van der Waals surface area contributed by atoms with Crippen molar-refractivity contribution in [2.75, 3.05) is 10.6 Å². The number of fused-ring (bicyclic) bond motifs is 1. The molecule has 0 radical (unpaired) electrons. The average Bonchev–Trinajstić information content (AvgIpc) is 3.48. The van der Waals surface area contributed by atoms with Gasteiger partial charge in [0.15, 0.2) is 11.6 Å². The Bertz CT molecular complexity index is 1350. The van der Waals surface area contributed by atoms with Gasteiger partial charge in [-0.25, -0.2) is 14.5 Å². The van der Waals surface area contributed by atoms with E-state index < -0.39 is 6.03 Å². The number of hydrogen-bond donors (Lipinski definition) is 4. The van der Waals surface area contributed by atoms with E-state index in [1.165, 1.54) is 0 Å². The fraction of sp³-hybridized carbons (Fsp3) is 0.0476. The summed E-state index contributed by atoms with van der Waals surface area (Å²) in [6, 6.07) is 16.3. The number of nitrogens with one attached hydrogen (secondary N) is 4. The molecule has 5 rings (SSSR count). The first-order valence-electron chi connectivity index (χ1n) is 9.46. The second-order valence-electron chi connectivity index (χ2n) is 6.88. The Kier molecular flexibility index (Phi) is 4.64. The highest BCUT2D eigenvalue weighted by Gasteiger charge is 2.14. The van der Waals surface area contributed by atoms with Gasteiger partial charge in [0.2, 0.25) is 0 Å². The van der Waals surface area contributed by atoms with Crippen molar-refractivity contribution in [3.05, 3.63) is 71.5 Å². The third-order valence-corrected chi connectivity index (χ3v) is 5.05. The van der Waals surface area contributed by atoms with E-state index in [4.69, 9.17) is 11.6 Å². The van der Waals surface area contributed by atoms with E-state index in [2.05, 4.69) is 35.9 Å². The molecule has 0 aliphatic carbocycles. The number of benzene rings is 2. The molecule has 3 aromatic heterocycles. The quantitative estimate of drug-likeness (QED) is 0.328. The van der Waals surface area contributed by atoms with Gasteiger partial charge in [-0.3, -0.25) is 10.4 Å². The maximum atomic E-state index is 12.5. The number of carbonyl (C=O) groups is 1. The maximum Gasteiger partial charge on any atom is 0.324 e. The lowest BCUT2D eigenvalue weighted by atomic mass is 10.3. The second kappa shape index (κ2) is 7.62. The molecule has 154 valence electrons. The highest BCUT2D eigenvalue weighted by Crippen LogP contribution is 2.22. The van der Waals surface area contributed by atoms with E-state index >= 15 is 0 Å². The van der Waals surface area contributed by atoms with Gasteiger partial charge in [-0.15, -0.1) is 0 Å². The third-order valence-electron chi connectivity index (χ3n) is 4.79. The zero-order valence-corrected chi connectivity index (χ0v) is 17.1. The Balaban J connectivity index is 1.29. The maximum absolute atomic E-state index is 12.5. The Morgan fingerprint density at radius 3 is 2.71 bits per heavy atom. The molecule has 0 saturated carbocycles. The van der Waals surface area contributed by atoms with E-state index in [0.29, 0.717) is 28.0 Å². The van der Waals surface area contributed by atoms with Crippen LogP contribution < -0.4 is 10.6 Å². The monoisotopic (exact) mass is 432 g/mol. The van der Waals surface area contributed by atoms with Gasteiger partial charge in [0.25, 0.3) is 0 Å². The van der Waals surface area contributed by atoms with Crippen LogP contribution in [0.5, 0.6) is 0 Å². The SMILES string of the molecule is Cc1c(NC(=O)Nc2cc(-c3nc4ccccc4[nH]3)[nH]n2)cnn1-c1ccc(Cl)cc1. The minimum absolute atomic E-state index is 0.371. The van der Waals surface area contributed by atoms with Gasteiger partial charge in [0.1, 0.15) is 5.69 Å². The Morgan fingerprint density at radius 1 is 1.10 bits per heavy atom.